The Hall–Kier alpha value is -3.31. The summed E-state index contributed by atoms with van der Waals surface area (Å²) in [6.45, 7) is 5.46. The third-order valence-corrected chi connectivity index (χ3v) is 4.95. The first-order valence-electron chi connectivity index (χ1n) is 10.4. The molecule has 0 aliphatic carbocycles. The molecular weight excluding hydrogens is 415 g/mol. The van der Waals surface area contributed by atoms with Crippen LogP contribution in [0.15, 0.2) is 24.7 Å². The lowest BCUT2D eigenvalue weighted by molar-refractivity contribution is 0.100. The molecule has 0 aliphatic heterocycles. The Morgan fingerprint density at radius 3 is 2.72 bits per heavy atom. The van der Waals surface area contributed by atoms with E-state index in [9.17, 15) is 9.18 Å². The molecule has 6 N–H and O–H groups in total. The number of ether oxygens (including phenoxy) is 1. The van der Waals surface area contributed by atoms with Crippen molar-refractivity contribution >= 4 is 34.1 Å². The summed E-state index contributed by atoms with van der Waals surface area (Å²) in [4.78, 5) is 20.5. The van der Waals surface area contributed by atoms with Crippen molar-refractivity contribution in [1.29, 1.82) is 0 Å². The largest absolute Gasteiger partial charge is 0.383 e. The van der Waals surface area contributed by atoms with Crippen LogP contribution in [0.25, 0.3) is 10.9 Å². The van der Waals surface area contributed by atoms with Crippen LogP contribution < -0.4 is 22.1 Å². The molecule has 0 bridgehead atoms. The first kappa shape index (κ1) is 23.4. The number of carbonyl (C=O) groups is 1. The van der Waals surface area contributed by atoms with Gasteiger partial charge in [0.05, 0.1) is 48.5 Å². The van der Waals surface area contributed by atoms with Crippen LogP contribution in [0.3, 0.4) is 0 Å². The Labute approximate surface area is 185 Å². The maximum absolute atomic E-state index is 14.7. The number of hydrogen-bond acceptors (Lipinski definition) is 8. The van der Waals surface area contributed by atoms with E-state index in [0.29, 0.717) is 31.3 Å². The summed E-state index contributed by atoms with van der Waals surface area (Å²) in [7, 11) is 1.62. The summed E-state index contributed by atoms with van der Waals surface area (Å²) >= 11 is 0. The van der Waals surface area contributed by atoms with Gasteiger partial charge >= 0.3 is 0 Å². The van der Waals surface area contributed by atoms with Crippen LogP contribution in [0.4, 0.5) is 21.7 Å². The molecule has 10 nitrogen and oxygen atoms in total. The van der Waals surface area contributed by atoms with E-state index in [1.165, 1.54) is 0 Å². The maximum atomic E-state index is 14.7. The first-order chi connectivity index (χ1) is 15.3. The van der Waals surface area contributed by atoms with E-state index in [2.05, 4.69) is 39.5 Å². The zero-order chi connectivity index (χ0) is 23.3. The van der Waals surface area contributed by atoms with Crippen molar-refractivity contribution in [2.45, 2.75) is 32.9 Å². The number of aromatic nitrogens is 4. The molecule has 0 saturated carbocycles. The predicted octanol–water partition coefficient (Wildman–Crippen LogP) is 2.24. The van der Waals surface area contributed by atoms with E-state index in [1.807, 2.05) is 0 Å². The number of halogens is 1. The number of hydrogen-bond donors (Lipinski definition) is 4. The molecule has 11 heteroatoms. The summed E-state index contributed by atoms with van der Waals surface area (Å²) in [5, 5.41) is 11.2. The molecule has 3 aromatic rings. The van der Waals surface area contributed by atoms with Gasteiger partial charge in [-0.25, -0.2) is 9.37 Å². The Kier molecular flexibility index (Phi) is 7.54. The quantitative estimate of drug-likeness (QED) is 0.352. The number of amides is 1. The van der Waals surface area contributed by atoms with E-state index in [0.717, 1.165) is 23.4 Å². The molecule has 0 saturated heterocycles. The van der Waals surface area contributed by atoms with Gasteiger partial charge in [0.2, 0.25) is 0 Å². The SMILES string of the molecule is COCCn1ncc2c(Nc3nc(NC(CN)CC(C)C)c(F)cc3C(N)=O)cncc21. The van der Waals surface area contributed by atoms with E-state index in [4.69, 9.17) is 16.2 Å². The average Bonchev–Trinajstić information content (AvgIpc) is 3.17. The maximum Gasteiger partial charge on any atom is 0.252 e. The lowest BCUT2D eigenvalue weighted by Crippen LogP contribution is -2.31. The Balaban J connectivity index is 1.98. The van der Waals surface area contributed by atoms with Gasteiger partial charge < -0.3 is 26.8 Å². The highest BCUT2D eigenvalue weighted by Gasteiger charge is 2.20. The smallest absolute Gasteiger partial charge is 0.252 e. The molecule has 3 heterocycles. The third-order valence-electron chi connectivity index (χ3n) is 4.95. The van der Waals surface area contributed by atoms with Gasteiger partial charge in [-0.3, -0.25) is 14.5 Å². The van der Waals surface area contributed by atoms with Crippen molar-refractivity contribution in [3.63, 3.8) is 0 Å². The molecule has 0 aliphatic rings. The van der Waals surface area contributed by atoms with Gasteiger partial charge in [-0.2, -0.15) is 5.10 Å². The molecule has 0 aromatic carbocycles. The number of nitrogens with one attached hydrogen (secondary N) is 2. The van der Waals surface area contributed by atoms with Crippen LogP contribution >= 0.6 is 0 Å². The molecule has 1 atom stereocenters. The molecular formula is C21H29FN8O2. The van der Waals surface area contributed by atoms with Gasteiger partial charge in [-0.05, 0) is 18.4 Å². The second-order valence-corrected chi connectivity index (χ2v) is 7.89. The van der Waals surface area contributed by atoms with Gasteiger partial charge in [0.1, 0.15) is 5.82 Å². The zero-order valence-electron chi connectivity index (χ0n) is 18.4. The fourth-order valence-corrected chi connectivity index (χ4v) is 3.42. The molecule has 1 amide bonds. The molecule has 0 fully saturated rings. The number of carbonyl (C=O) groups excluding carboxylic acids is 1. The van der Waals surface area contributed by atoms with Crippen LogP contribution in [0.5, 0.6) is 0 Å². The van der Waals surface area contributed by atoms with Crippen molar-refractivity contribution < 1.29 is 13.9 Å². The predicted molar refractivity (Wildman–Crippen MR) is 121 cm³/mol. The highest BCUT2D eigenvalue weighted by atomic mass is 19.1. The van der Waals surface area contributed by atoms with Crippen LogP contribution in [-0.4, -0.2) is 52.0 Å². The number of nitrogens with two attached hydrogens (primary N) is 2. The number of methoxy groups -OCH3 is 1. The third kappa shape index (κ3) is 5.29. The van der Waals surface area contributed by atoms with Gasteiger partial charge in [0.15, 0.2) is 11.6 Å². The van der Waals surface area contributed by atoms with Gasteiger partial charge in [-0.1, -0.05) is 13.8 Å². The summed E-state index contributed by atoms with van der Waals surface area (Å²) in [5.74, 6) is -1.03. The minimum absolute atomic E-state index is 0.00970. The highest BCUT2D eigenvalue weighted by molar-refractivity contribution is 6.00. The number of nitrogens with zero attached hydrogens (tertiary/aromatic N) is 4. The first-order valence-corrected chi connectivity index (χ1v) is 10.4. The molecule has 0 radical (unpaired) electrons. The van der Waals surface area contributed by atoms with Crippen molar-refractivity contribution in [2.75, 3.05) is 30.9 Å². The van der Waals surface area contributed by atoms with Gasteiger partial charge in [-0.15, -0.1) is 0 Å². The minimum atomic E-state index is -0.807. The standard InChI is InChI=1S/C21H29FN8O2/c1-12(2)6-13(8-23)27-21-16(22)7-14(19(24)31)20(29-21)28-17-10-25-11-18-15(17)9-26-30(18)4-5-32-3/h7,9-13H,4-6,8,23H2,1-3H3,(H2,24,31)(H2,27,28,29). The average molecular weight is 445 g/mol. The molecule has 32 heavy (non-hydrogen) atoms. The monoisotopic (exact) mass is 444 g/mol. The summed E-state index contributed by atoms with van der Waals surface area (Å²) in [5.41, 5.74) is 12.6. The number of primary amides is 1. The number of rotatable bonds is 11. The fourth-order valence-electron chi connectivity index (χ4n) is 3.42. The van der Waals surface area contributed by atoms with Gasteiger partial charge in [0.25, 0.3) is 5.91 Å². The lowest BCUT2D eigenvalue weighted by Gasteiger charge is -2.21. The van der Waals surface area contributed by atoms with E-state index >= 15 is 0 Å². The van der Waals surface area contributed by atoms with E-state index in [-0.39, 0.29) is 23.2 Å². The molecule has 172 valence electrons. The lowest BCUT2D eigenvalue weighted by atomic mass is 10.0. The van der Waals surface area contributed by atoms with Crippen molar-refractivity contribution in [3.05, 3.63) is 36.0 Å². The minimum Gasteiger partial charge on any atom is -0.383 e. The topological polar surface area (TPSA) is 146 Å². The van der Waals surface area contributed by atoms with Crippen LogP contribution in [0, 0.1) is 11.7 Å². The van der Waals surface area contributed by atoms with E-state index in [1.54, 1.807) is 30.4 Å². The molecule has 1 unspecified atom stereocenters. The normalized spacial score (nSPS) is 12.3. The fraction of sp³-hybridized carbons (Fsp3) is 0.429. The number of pyridine rings is 2. The van der Waals surface area contributed by atoms with Crippen molar-refractivity contribution in [1.82, 2.24) is 19.7 Å². The number of anilines is 3. The number of fused-ring (bicyclic) bond motifs is 1. The zero-order valence-corrected chi connectivity index (χ0v) is 18.4. The summed E-state index contributed by atoms with van der Waals surface area (Å²) in [6.07, 6.45) is 5.67. The molecule has 3 rings (SSSR count). The van der Waals surface area contributed by atoms with Crippen molar-refractivity contribution in [3.8, 4) is 0 Å². The van der Waals surface area contributed by atoms with Crippen molar-refractivity contribution in [2.24, 2.45) is 17.4 Å². The van der Waals surface area contributed by atoms with Crippen LogP contribution in [0.1, 0.15) is 30.6 Å². The Morgan fingerprint density at radius 2 is 2.06 bits per heavy atom. The summed E-state index contributed by atoms with van der Waals surface area (Å²) < 4.78 is 21.6. The molecule has 0 spiro atoms. The Bertz CT molecular complexity index is 1090. The Morgan fingerprint density at radius 1 is 1.28 bits per heavy atom. The van der Waals surface area contributed by atoms with Gasteiger partial charge in [0, 0.05) is 25.1 Å². The highest BCUT2D eigenvalue weighted by Crippen LogP contribution is 2.28. The molecule has 3 aromatic heterocycles. The second-order valence-electron chi connectivity index (χ2n) is 7.89. The second kappa shape index (κ2) is 10.3. The van der Waals surface area contributed by atoms with Crippen LogP contribution in [-0.2, 0) is 11.3 Å². The van der Waals surface area contributed by atoms with E-state index < -0.39 is 11.7 Å². The van der Waals surface area contributed by atoms with Crippen LogP contribution in [0.2, 0.25) is 0 Å². The summed E-state index contributed by atoms with van der Waals surface area (Å²) in [6, 6.07) is 0.895.